The Morgan fingerprint density at radius 2 is 2.10 bits per heavy atom. The van der Waals surface area contributed by atoms with E-state index in [0.29, 0.717) is 23.8 Å². The summed E-state index contributed by atoms with van der Waals surface area (Å²) in [4.78, 5) is 0.328. The smallest absolute Gasteiger partial charge is 0.240 e. The first kappa shape index (κ1) is 15.8. The highest BCUT2D eigenvalue weighted by Gasteiger charge is 2.22. The number of alkyl halides is 1. The van der Waals surface area contributed by atoms with Gasteiger partial charge in [-0.1, -0.05) is 6.07 Å². The lowest BCUT2D eigenvalue weighted by Gasteiger charge is -2.17. The number of halogens is 1. The molecular weight excluding hydrogens is 298 g/mol. The number of nitrogens with one attached hydrogen (secondary N) is 1. The quantitative estimate of drug-likeness (QED) is 0.784. The van der Waals surface area contributed by atoms with Gasteiger partial charge in [0, 0.05) is 19.0 Å². The second kappa shape index (κ2) is 6.89. The molecule has 1 unspecified atom stereocenters. The molecule has 1 aromatic rings. The summed E-state index contributed by atoms with van der Waals surface area (Å²) in [5.41, 5.74) is 2.41. The minimum absolute atomic E-state index is 0.296. The molecule has 4 nitrogen and oxygen atoms in total. The van der Waals surface area contributed by atoms with Crippen molar-refractivity contribution >= 4 is 21.6 Å². The van der Waals surface area contributed by atoms with E-state index in [0.717, 1.165) is 24.8 Å². The topological polar surface area (TPSA) is 55.4 Å². The number of benzene rings is 1. The summed E-state index contributed by atoms with van der Waals surface area (Å²) < 4.78 is 32.5. The largest absolute Gasteiger partial charge is 0.383 e. The molecule has 0 spiro atoms. The van der Waals surface area contributed by atoms with Crippen LogP contribution in [0.4, 0.5) is 0 Å². The van der Waals surface area contributed by atoms with Gasteiger partial charge < -0.3 is 4.74 Å². The lowest BCUT2D eigenvalue weighted by molar-refractivity contribution is 0.173. The van der Waals surface area contributed by atoms with Crippen LogP contribution in [0.25, 0.3) is 0 Å². The summed E-state index contributed by atoms with van der Waals surface area (Å²) >= 11 is 5.69. The third-order valence-corrected chi connectivity index (χ3v) is 5.26. The Hall–Kier alpha value is -0.620. The minimum atomic E-state index is -3.51. The molecular formula is C14H20ClNO3S. The maximum atomic E-state index is 12.4. The lowest BCUT2D eigenvalue weighted by atomic mass is 10.1. The first-order chi connectivity index (χ1) is 9.56. The van der Waals surface area contributed by atoms with Crippen molar-refractivity contribution < 1.29 is 13.2 Å². The van der Waals surface area contributed by atoms with Crippen molar-refractivity contribution in [3.63, 3.8) is 0 Å². The summed E-state index contributed by atoms with van der Waals surface area (Å²) in [7, 11) is -1.97. The molecule has 1 aliphatic carbocycles. The molecule has 1 atom stereocenters. The highest BCUT2D eigenvalue weighted by molar-refractivity contribution is 7.89. The highest BCUT2D eigenvalue weighted by Crippen LogP contribution is 2.24. The normalized spacial score (nSPS) is 16.1. The van der Waals surface area contributed by atoms with Gasteiger partial charge in [0.05, 0.1) is 11.5 Å². The highest BCUT2D eigenvalue weighted by atomic mass is 35.5. The molecule has 0 radical (unpaired) electrons. The van der Waals surface area contributed by atoms with Gasteiger partial charge in [0.25, 0.3) is 0 Å². The molecule has 0 fully saturated rings. The van der Waals surface area contributed by atoms with Crippen molar-refractivity contribution in [3.05, 3.63) is 29.3 Å². The number of sulfonamides is 1. The van der Waals surface area contributed by atoms with Crippen LogP contribution in [0.5, 0.6) is 0 Å². The van der Waals surface area contributed by atoms with Crippen molar-refractivity contribution in [3.8, 4) is 0 Å². The number of methoxy groups -OCH3 is 1. The standard InChI is InChI=1S/C14H20ClNO3S/c1-19-10-13(7-8-15)16-20(17,18)14-6-5-11-3-2-4-12(11)9-14/h5-6,9,13,16H,2-4,7-8,10H2,1H3. The third-order valence-electron chi connectivity index (χ3n) is 3.53. The average molecular weight is 318 g/mol. The van der Waals surface area contributed by atoms with E-state index in [4.69, 9.17) is 16.3 Å². The van der Waals surface area contributed by atoms with Crippen molar-refractivity contribution in [2.75, 3.05) is 19.6 Å². The summed E-state index contributed by atoms with van der Waals surface area (Å²) in [5, 5.41) is 0. The van der Waals surface area contributed by atoms with Crippen molar-refractivity contribution in [2.24, 2.45) is 0 Å². The zero-order valence-corrected chi connectivity index (χ0v) is 13.1. The van der Waals surface area contributed by atoms with E-state index in [2.05, 4.69) is 4.72 Å². The van der Waals surface area contributed by atoms with E-state index in [9.17, 15) is 8.42 Å². The molecule has 6 heteroatoms. The maximum Gasteiger partial charge on any atom is 0.240 e. The van der Waals surface area contributed by atoms with Crippen LogP contribution in [0.3, 0.4) is 0 Å². The van der Waals surface area contributed by atoms with Crippen LogP contribution in [-0.2, 0) is 27.6 Å². The van der Waals surface area contributed by atoms with Gasteiger partial charge >= 0.3 is 0 Å². The fraction of sp³-hybridized carbons (Fsp3) is 0.571. The van der Waals surface area contributed by atoms with E-state index in [1.54, 1.807) is 19.2 Å². The molecule has 112 valence electrons. The Labute approximate surface area is 125 Å². The molecule has 0 saturated carbocycles. The predicted molar refractivity (Wildman–Crippen MR) is 79.8 cm³/mol. The SMILES string of the molecule is COCC(CCCl)NS(=O)(=O)c1ccc2c(c1)CCC2. The Morgan fingerprint density at radius 3 is 2.80 bits per heavy atom. The zero-order valence-electron chi connectivity index (χ0n) is 11.6. The third kappa shape index (κ3) is 3.73. The molecule has 0 aromatic heterocycles. The molecule has 0 amide bonds. The van der Waals surface area contributed by atoms with E-state index < -0.39 is 10.0 Å². The number of aryl methyl sites for hydroxylation is 2. The fourth-order valence-electron chi connectivity index (χ4n) is 2.51. The van der Waals surface area contributed by atoms with Crippen LogP contribution in [0.1, 0.15) is 24.0 Å². The molecule has 0 heterocycles. The zero-order chi connectivity index (χ0) is 14.6. The Kier molecular flexibility index (Phi) is 5.43. The number of hydrogen-bond acceptors (Lipinski definition) is 3. The van der Waals surface area contributed by atoms with E-state index >= 15 is 0 Å². The Morgan fingerprint density at radius 1 is 1.35 bits per heavy atom. The van der Waals surface area contributed by atoms with E-state index in [-0.39, 0.29) is 6.04 Å². The molecule has 1 N–H and O–H groups in total. The van der Waals surface area contributed by atoms with Crippen molar-refractivity contribution in [1.29, 1.82) is 0 Å². The van der Waals surface area contributed by atoms with Crippen LogP contribution in [0.2, 0.25) is 0 Å². The molecule has 0 aliphatic heterocycles. The van der Waals surface area contributed by atoms with Gasteiger partial charge in [0.2, 0.25) is 10.0 Å². The predicted octanol–water partition coefficient (Wildman–Crippen LogP) is 2.10. The monoisotopic (exact) mass is 317 g/mol. The van der Waals surface area contributed by atoms with Gasteiger partial charge in [0.1, 0.15) is 0 Å². The minimum Gasteiger partial charge on any atom is -0.383 e. The summed E-state index contributed by atoms with van der Waals surface area (Å²) in [6, 6.07) is 5.09. The van der Waals surface area contributed by atoms with Crippen LogP contribution >= 0.6 is 11.6 Å². The number of hydrogen-bond donors (Lipinski definition) is 1. The Balaban J connectivity index is 2.17. The average Bonchev–Trinajstić information content (AvgIpc) is 2.86. The van der Waals surface area contributed by atoms with Gasteiger partial charge in [-0.25, -0.2) is 13.1 Å². The van der Waals surface area contributed by atoms with Gasteiger partial charge in [-0.3, -0.25) is 0 Å². The van der Waals surface area contributed by atoms with Crippen LogP contribution < -0.4 is 4.72 Å². The Bertz CT molecular complexity index is 554. The molecule has 1 aromatic carbocycles. The van der Waals surface area contributed by atoms with Gasteiger partial charge in [-0.05, 0) is 48.9 Å². The second-order valence-corrected chi connectivity index (χ2v) is 7.13. The summed E-state index contributed by atoms with van der Waals surface area (Å²) in [5.74, 6) is 0.390. The van der Waals surface area contributed by atoms with Gasteiger partial charge in [0.15, 0.2) is 0 Å². The first-order valence-corrected chi connectivity index (χ1v) is 8.77. The molecule has 0 bridgehead atoms. The van der Waals surface area contributed by atoms with E-state index in [1.807, 2.05) is 6.07 Å². The van der Waals surface area contributed by atoms with E-state index in [1.165, 1.54) is 5.56 Å². The first-order valence-electron chi connectivity index (χ1n) is 6.76. The van der Waals surface area contributed by atoms with Crippen LogP contribution in [-0.4, -0.2) is 34.1 Å². The number of rotatable bonds is 7. The fourth-order valence-corrected chi connectivity index (χ4v) is 4.08. The summed E-state index contributed by atoms with van der Waals surface area (Å²) in [6.45, 7) is 0.316. The molecule has 20 heavy (non-hydrogen) atoms. The molecule has 2 rings (SSSR count). The number of fused-ring (bicyclic) bond motifs is 1. The van der Waals surface area contributed by atoms with Crippen molar-refractivity contribution in [1.82, 2.24) is 4.72 Å². The van der Waals surface area contributed by atoms with Crippen LogP contribution in [0.15, 0.2) is 23.1 Å². The second-order valence-electron chi connectivity index (χ2n) is 5.04. The van der Waals surface area contributed by atoms with Gasteiger partial charge in [-0.2, -0.15) is 0 Å². The maximum absolute atomic E-state index is 12.4. The lowest BCUT2D eigenvalue weighted by Crippen LogP contribution is -2.38. The summed E-state index contributed by atoms with van der Waals surface area (Å²) in [6.07, 6.45) is 3.65. The number of ether oxygens (including phenoxy) is 1. The van der Waals surface area contributed by atoms with Gasteiger partial charge in [-0.15, -0.1) is 11.6 Å². The van der Waals surface area contributed by atoms with Crippen LogP contribution in [0, 0.1) is 0 Å². The molecule has 0 saturated heterocycles. The van der Waals surface area contributed by atoms with Crippen molar-refractivity contribution in [2.45, 2.75) is 36.6 Å². The molecule has 1 aliphatic rings.